The van der Waals surface area contributed by atoms with Gasteiger partial charge in [0.15, 0.2) is 6.23 Å². The molecule has 0 aliphatic carbocycles. The largest absolute Gasteiger partial charge is 0.387 e. The van der Waals surface area contributed by atoms with E-state index in [0.717, 1.165) is 42.4 Å². The van der Waals surface area contributed by atoms with Crippen molar-refractivity contribution in [3.8, 4) is 0 Å². The Bertz CT molecular complexity index is 916. The van der Waals surface area contributed by atoms with Crippen molar-refractivity contribution in [1.29, 1.82) is 0 Å². The van der Waals surface area contributed by atoms with Gasteiger partial charge in [0.1, 0.15) is 18.3 Å². The molecule has 2 amide bonds. The lowest BCUT2D eigenvalue weighted by atomic mass is 10.1. The van der Waals surface area contributed by atoms with E-state index in [4.69, 9.17) is 19.0 Å². The minimum Gasteiger partial charge on any atom is -0.387 e. The van der Waals surface area contributed by atoms with Gasteiger partial charge < -0.3 is 44.0 Å². The Labute approximate surface area is 237 Å². The third-order valence-electron chi connectivity index (χ3n) is 5.45. The van der Waals surface area contributed by atoms with Gasteiger partial charge >= 0.3 is 17.2 Å². The fraction of sp³-hybridized carbons (Fsp3) is 0.625. The van der Waals surface area contributed by atoms with Crippen molar-refractivity contribution in [3.63, 3.8) is 0 Å². The lowest BCUT2D eigenvalue weighted by molar-refractivity contribution is -0.132. The lowest BCUT2D eigenvalue weighted by Crippen LogP contribution is -2.41. The highest BCUT2D eigenvalue weighted by Gasteiger charge is 2.45. The molecule has 0 radical (unpaired) electrons. The number of rotatable bonds is 15. The van der Waals surface area contributed by atoms with Gasteiger partial charge in [0.2, 0.25) is 12.3 Å². The van der Waals surface area contributed by atoms with Gasteiger partial charge in [0.25, 0.3) is 0 Å². The summed E-state index contributed by atoms with van der Waals surface area (Å²) in [6, 6.07) is 3.83. The number of aliphatic hydroxyl groups is 2. The number of pyridine rings is 1. The van der Waals surface area contributed by atoms with E-state index < -0.39 is 54.3 Å². The first-order chi connectivity index (χ1) is 19.0. The van der Waals surface area contributed by atoms with E-state index in [1.54, 1.807) is 13.2 Å². The molecule has 2 heterocycles. The maximum atomic E-state index is 12.6. The first-order valence-electron chi connectivity index (χ1n) is 12.9. The van der Waals surface area contributed by atoms with Crippen LogP contribution in [-0.4, -0.2) is 103 Å². The summed E-state index contributed by atoms with van der Waals surface area (Å²) >= 11 is 0. The quantitative estimate of drug-likeness (QED) is 0.110. The average molecular weight is 609 g/mol. The van der Waals surface area contributed by atoms with Crippen LogP contribution in [0.4, 0.5) is 5.69 Å². The van der Waals surface area contributed by atoms with Crippen LogP contribution in [0.15, 0.2) is 30.6 Å². The Kier molecular flexibility index (Phi) is 17.5. The van der Waals surface area contributed by atoms with Crippen LogP contribution in [0.5, 0.6) is 0 Å². The van der Waals surface area contributed by atoms with E-state index in [9.17, 15) is 24.7 Å². The number of carbonyl (C=O) groups is 2. The SMILES string of the molecule is CCC.CCCN(CC)c1ccnc(CN(C)C(=O)/C=C\N(C=O)C2OC(COP(O)OP(O)O)C(O)C2O)c1. The topological polar surface area (TPSA) is 186 Å². The Hall–Kier alpha value is -1.83. The van der Waals surface area contributed by atoms with Crippen molar-refractivity contribution in [2.45, 2.75) is 71.6 Å². The molecule has 1 aliphatic rings. The summed E-state index contributed by atoms with van der Waals surface area (Å²) in [6.45, 7) is 9.90. The second kappa shape index (κ2) is 19.3. The zero-order chi connectivity index (χ0) is 30.2. The summed E-state index contributed by atoms with van der Waals surface area (Å²) in [5, 5.41) is 20.5. The molecule has 228 valence electrons. The maximum Gasteiger partial charge on any atom is 0.337 e. The van der Waals surface area contributed by atoms with Gasteiger partial charge in [-0.15, -0.1) is 0 Å². The van der Waals surface area contributed by atoms with Crippen LogP contribution in [0.25, 0.3) is 0 Å². The molecular formula is C24H42N4O10P2. The van der Waals surface area contributed by atoms with Crippen LogP contribution in [0.2, 0.25) is 0 Å². The Morgan fingerprint density at radius 3 is 2.42 bits per heavy atom. The summed E-state index contributed by atoms with van der Waals surface area (Å²) in [5.41, 5.74) is 1.70. The molecule has 1 saturated heterocycles. The van der Waals surface area contributed by atoms with Crippen LogP contribution in [0.1, 0.15) is 46.2 Å². The molecule has 16 heteroatoms. The van der Waals surface area contributed by atoms with Crippen LogP contribution in [-0.2, 0) is 29.7 Å². The molecule has 5 atom stereocenters. The number of anilines is 1. The van der Waals surface area contributed by atoms with Crippen LogP contribution >= 0.6 is 17.2 Å². The van der Waals surface area contributed by atoms with Gasteiger partial charge in [0, 0.05) is 44.3 Å². The Balaban J connectivity index is 0.00000254. The summed E-state index contributed by atoms with van der Waals surface area (Å²) in [4.78, 5) is 59.9. The van der Waals surface area contributed by atoms with E-state index in [1.165, 1.54) is 11.3 Å². The number of ether oxygens (including phenoxy) is 1. The molecule has 0 aromatic carbocycles. The minimum atomic E-state index is -2.85. The van der Waals surface area contributed by atoms with E-state index in [1.807, 2.05) is 12.1 Å². The van der Waals surface area contributed by atoms with Crippen LogP contribution < -0.4 is 4.90 Å². The molecule has 5 N–H and O–H groups in total. The highest BCUT2D eigenvalue weighted by molar-refractivity contribution is 7.54. The smallest absolute Gasteiger partial charge is 0.337 e. The highest BCUT2D eigenvalue weighted by atomic mass is 31.2. The van der Waals surface area contributed by atoms with E-state index in [0.29, 0.717) is 12.1 Å². The number of nitrogens with zero attached hydrogens (tertiary/aromatic N) is 4. The number of aromatic nitrogens is 1. The molecule has 1 fully saturated rings. The zero-order valence-corrected chi connectivity index (χ0v) is 25.3. The second-order valence-corrected chi connectivity index (χ2v) is 10.7. The van der Waals surface area contributed by atoms with Crippen LogP contribution in [0.3, 0.4) is 0 Å². The van der Waals surface area contributed by atoms with Crippen molar-refractivity contribution < 1.29 is 48.1 Å². The zero-order valence-electron chi connectivity index (χ0n) is 23.5. The number of carbonyl (C=O) groups excluding carboxylic acids is 2. The van der Waals surface area contributed by atoms with E-state index in [-0.39, 0.29) is 6.54 Å². The van der Waals surface area contributed by atoms with Crippen molar-refractivity contribution >= 4 is 35.2 Å². The monoisotopic (exact) mass is 608 g/mol. The number of hydrogen-bond acceptors (Lipinski definition) is 12. The predicted octanol–water partition coefficient (Wildman–Crippen LogP) is 1.58. The first kappa shape index (κ1) is 36.2. The molecule has 0 bridgehead atoms. The summed E-state index contributed by atoms with van der Waals surface area (Å²) < 4.78 is 14.6. The molecule has 0 saturated carbocycles. The predicted molar refractivity (Wildman–Crippen MR) is 150 cm³/mol. The van der Waals surface area contributed by atoms with Crippen molar-refractivity contribution in [3.05, 3.63) is 36.3 Å². The molecule has 5 unspecified atom stereocenters. The van der Waals surface area contributed by atoms with E-state index in [2.05, 4.69) is 41.9 Å². The van der Waals surface area contributed by atoms with Crippen molar-refractivity contribution in [2.75, 3.05) is 31.6 Å². The lowest BCUT2D eigenvalue weighted by Gasteiger charge is -2.24. The fourth-order valence-electron chi connectivity index (χ4n) is 3.60. The molecule has 0 spiro atoms. The Morgan fingerprint density at radius 2 is 1.85 bits per heavy atom. The number of likely N-dealkylation sites (N-methyl/N-ethyl adjacent to an activating group) is 1. The van der Waals surface area contributed by atoms with Crippen molar-refractivity contribution in [1.82, 2.24) is 14.8 Å². The third kappa shape index (κ3) is 12.0. The van der Waals surface area contributed by atoms with Gasteiger partial charge in [-0.3, -0.25) is 19.5 Å². The molecule has 2 rings (SSSR count). The standard InChI is InChI=1S/C21H34N4O10P2.C3H8/c1-4-9-24(5-2)16-6-8-22-15(11-16)12-23(3)18(27)7-10-25(14-26)21-20(29)19(28)17(34-21)13-33-37(32)35-36(30)31;1-3-2/h6-8,10-11,14,17,19-21,28-32H,4-5,9,12-13H2,1-3H3;3H2,1-2H3/b10-7-;. The molecule has 1 aromatic heterocycles. The third-order valence-corrected chi connectivity index (χ3v) is 6.96. The maximum absolute atomic E-state index is 12.6. The number of amides is 2. The second-order valence-electron chi connectivity index (χ2n) is 8.77. The minimum absolute atomic E-state index is 0.221. The molecule has 14 nitrogen and oxygen atoms in total. The van der Waals surface area contributed by atoms with Crippen molar-refractivity contribution in [2.24, 2.45) is 0 Å². The molecule has 1 aliphatic heterocycles. The summed E-state index contributed by atoms with van der Waals surface area (Å²) in [6.07, 6.45) is 0.925. The highest BCUT2D eigenvalue weighted by Crippen LogP contribution is 2.46. The molecule has 40 heavy (non-hydrogen) atoms. The normalized spacial score (nSPS) is 21.2. The number of hydrogen-bond donors (Lipinski definition) is 5. The summed E-state index contributed by atoms with van der Waals surface area (Å²) in [7, 11) is -3.93. The molecule has 1 aromatic rings. The first-order valence-corrected chi connectivity index (χ1v) is 15.2. The fourth-order valence-corrected chi connectivity index (χ4v) is 4.57. The van der Waals surface area contributed by atoms with Gasteiger partial charge in [-0.1, -0.05) is 27.2 Å². The van der Waals surface area contributed by atoms with Gasteiger partial charge in [-0.25, -0.2) is 4.31 Å². The van der Waals surface area contributed by atoms with Gasteiger partial charge in [-0.2, -0.15) is 0 Å². The van der Waals surface area contributed by atoms with Gasteiger partial charge in [-0.05, 0) is 25.5 Å². The van der Waals surface area contributed by atoms with Crippen LogP contribution in [0, 0.1) is 0 Å². The van der Waals surface area contributed by atoms with E-state index >= 15 is 0 Å². The average Bonchev–Trinajstić information content (AvgIpc) is 3.19. The Morgan fingerprint density at radius 1 is 1.18 bits per heavy atom. The molecular weight excluding hydrogens is 566 g/mol. The number of aliphatic hydroxyl groups excluding tert-OH is 2. The summed E-state index contributed by atoms with van der Waals surface area (Å²) in [5.74, 6) is -0.444. The van der Waals surface area contributed by atoms with Gasteiger partial charge in [0.05, 0.1) is 18.8 Å².